The molecule has 0 fully saturated rings. The topological polar surface area (TPSA) is 172 Å². The fourth-order valence-corrected chi connectivity index (χ4v) is 6.11. The van der Waals surface area contributed by atoms with Crippen molar-refractivity contribution >= 4 is 108 Å². The number of aliphatic hydroxyl groups excluding tert-OH is 2. The molecule has 8 unspecified atom stereocenters. The molecule has 1 aromatic rings. The Morgan fingerprint density at radius 2 is 1.09 bits per heavy atom. The average molecular weight is 682 g/mol. The summed E-state index contributed by atoms with van der Waals surface area (Å²) in [4.78, 5) is 31.5. The molecule has 1 aromatic heterocycles. The van der Waals surface area contributed by atoms with Crippen LogP contribution in [-0.4, -0.2) is 93.6 Å². The molecule has 4 N–H and O–H groups in total. The Kier molecular flexibility index (Phi) is 15.4. The van der Waals surface area contributed by atoms with Gasteiger partial charge < -0.3 is 20.0 Å². The zero-order valence-electron chi connectivity index (χ0n) is 17.5. The highest BCUT2D eigenvalue weighted by molar-refractivity contribution is 7.62. The van der Waals surface area contributed by atoms with Gasteiger partial charge in [0.2, 0.25) is 16.4 Å². The molecule has 20 heteroatoms. The van der Waals surface area contributed by atoms with Crippen LogP contribution in [-0.2, 0) is 18.2 Å². The second-order valence-corrected chi connectivity index (χ2v) is 13.5. The Hall–Kier alpha value is 1.26. The van der Waals surface area contributed by atoms with Gasteiger partial charge in [0.15, 0.2) is 0 Å². The molecule has 0 aromatic carbocycles. The molecule has 0 spiro atoms. The van der Waals surface area contributed by atoms with Crippen LogP contribution in [0.3, 0.4) is 0 Å². The lowest BCUT2D eigenvalue weighted by atomic mass is 10.1. The first kappa shape index (κ1) is 34.3. The van der Waals surface area contributed by atoms with Crippen LogP contribution < -0.4 is 11.1 Å². The first-order chi connectivity index (χ1) is 16.2. The van der Waals surface area contributed by atoms with Gasteiger partial charge >= 0.3 is 15.2 Å². The molecule has 35 heavy (non-hydrogen) atoms. The summed E-state index contributed by atoms with van der Waals surface area (Å²) in [7, 11) is -9.96. The predicted octanol–water partition coefficient (Wildman–Crippen LogP) is 2.59. The number of hydrogen-bond acceptors (Lipinski definition) is 9. The van der Waals surface area contributed by atoms with E-state index in [-0.39, 0.29) is 24.6 Å². The summed E-state index contributed by atoms with van der Waals surface area (Å²) in [5, 5.41) is 14.1. The second kappa shape index (κ2) is 15.8. The molecule has 1 rings (SSSR count). The molecule has 11 nitrogen and oxygen atoms in total. The number of aromatic nitrogens is 3. The zero-order chi connectivity index (χ0) is 27.0. The third-order valence-electron chi connectivity index (χ3n) is 4.11. The minimum absolute atomic E-state index is 0.0532. The fourth-order valence-electron chi connectivity index (χ4n) is 2.42. The summed E-state index contributed by atoms with van der Waals surface area (Å²) in [6.45, 7) is -1.28. The van der Waals surface area contributed by atoms with Crippen molar-refractivity contribution in [3.8, 4) is 0 Å². The molecule has 0 bridgehead atoms. The number of aliphatic hydroxyl groups is 2. The maximum absolute atomic E-state index is 12.9. The van der Waals surface area contributed by atoms with Gasteiger partial charge in [-0.3, -0.25) is 18.2 Å². The molecule has 0 aliphatic rings. The zero-order valence-corrected chi connectivity index (χ0v) is 24.6. The minimum Gasteiger partial charge on any atom is -0.395 e. The molecule has 0 saturated carbocycles. The van der Waals surface area contributed by atoms with Crippen LogP contribution in [0, 0.1) is 0 Å². The van der Waals surface area contributed by atoms with Crippen molar-refractivity contribution < 1.29 is 38.2 Å². The summed E-state index contributed by atoms with van der Waals surface area (Å²) in [6, 6.07) is 0. The van der Waals surface area contributed by atoms with Crippen LogP contribution in [0.4, 0.5) is 0 Å². The van der Waals surface area contributed by atoms with Crippen molar-refractivity contribution in [2.75, 3.05) is 25.0 Å². The van der Waals surface area contributed by atoms with Gasteiger partial charge in [-0.05, 0) is 24.4 Å². The van der Waals surface area contributed by atoms with Crippen LogP contribution in [0.2, 0.25) is 5.28 Å². The van der Waals surface area contributed by atoms with E-state index in [1.807, 2.05) is 0 Å². The molecular weight excluding hydrogens is 660 g/mol. The van der Waals surface area contributed by atoms with E-state index in [4.69, 9.17) is 90.3 Å². The van der Waals surface area contributed by atoms with Gasteiger partial charge in [0.05, 0.1) is 36.2 Å². The SMILES string of the molecule is O=P(O)(OC(CC(Cl)CCl)C(Cl)CO)c1nc(Cl)nc(P(=O)(O)OC(CC(Cl)CCl)C(Cl)CO)n1. The van der Waals surface area contributed by atoms with Gasteiger partial charge in [-0.25, -0.2) is 0 Å². The predicted molar refractivity (Wildman–Crippen MR) is 137 cm³/mol. The van der Waals surface area contributed by atoms with E-state index in [9.17, 15) is 29.1 Å². The van der Waals surface area contributed by atoms with E-state index >= 15 is 0 Å². The van der Waals surface area contributed by atoms with E-state index in [0.29, 0.717) is 0 Å². The molecule has 0 amide bonds. The van der Waals surface area contributed by atoms with Gasteiger partial charge in [0.25, 0.3) is 0 Å². The van der Waals surface area contributed by atoms with Crippen molar-refractivity contribution in [1.82, 2.24) is 15.0 Å². The first-order valence-corrected chi connectivity index (χ1v) is 15.9. The minimum atomic E-state index is -4.98. The molecule has 1 heterocycles. The standard InChI is InChI=1S/C15H22Cl7N3O8P2/c16-3-7(18)1-11(9(20)5-26)32-34(28,29)14-23-13(22)24-15(25-14)35(30,31)33-12(10(21)6-27)2-8(19)4-17/h7-12,26-27H,1-6H2,(H,28,29)(H,30,31). The van der Waals surface area contributed by atoms with Crippen LogP contribution in [0.25, 0.3) is 0 Å². The number of hydrogen-bond donors (Lipinski definition) is 4. The lowest BCUT2D eigenvalue weighted by molar-refractivity contribution is 0.138. The summed E-state index contributed by atoms with van der Waals surface area (Å²) in [5.74, 6) is -0.106. The fraction of sp³-hybridized carbons (Fsp3) is 0.800. The summed E-state index contributed by atoms with van der Waals surface area (Å²) < 4.78 is 36.1. The van der Waals surface area contributed by atoms with Crippen LogP contribution >= 0.6 is 96.4 Å². The summed E-state index contributed by atoms with van der Waals surface area (Å²) >= 11 is 40.9. The monoisotopic (exact) mass is 679 g/mol. The van der Waals surface area contributed by atoms with E-state index in [1.165, 1.54) is 0 Å². The molecular formula is C15H22Cl7N3O8P2. The third-order valence-corrected chi connectivity index (χ3v) is 9.37. The van der Waals surface area contributed by atoms with Crippen molar-refractivity contribution in [2.45, 2.75) is 46.6 Å². The summed E-state index contributed by atoms with van der Waals surface area (Å²) in [5.41, 5.74) is -2.02. The average Bonchev–Trinajstić information content (AvgIpc) is 2.81. The Morgan fingerprint density at radius 1 is 0.743 bits per heavy atom. The Bertz CT molecular complexity index is 844. The normalized spacial score (nSPS) is 20.8. The molecule has 0 radical (unpaired) electrons. The molecule has 8 atom stereocenters. The highest BCUT2D eigenvalue weighted by Crippen LogP contribution is 2.46. The van der Waals surface area contributed by atoms with Crippen molar-refractivity contribution in [3.05, 3.63) is 5.28 Å². The highest BCUT2D eigenvalue weighted by Gasteiger charge is 2.40. The smallest absolute Gasteiger partial charge is 0.395 e. The van der Waals surface area contributed by atoms with E-state index in [2.05, 4.69) is 15.0 Å². The molecule has 0 aliphatic heterocycles. The third kappa shape index (κ3) is 11.1. The Balaban J connectivity index is 3.31. The summed E-state index contributed by atoms with van der Waals surface area (Å²) in [6.07, 6.45) is -2.87. The van der Waals surface area contributed by atoms with Crippen molar-refractivity contribution in [1.29, 1.82) is 0 Å². The van der Waals surface area contributed by atoms with Gasteiger partial charge in [-0.1, -0.05) is 0 Å². The number of alkyl halides is 6. The Labute approximate surface area is 236 Å². The highest BCUT2D eigenvalue weighted by atomic mass is 35.5. The molecule has 204 valence electrons. The van der Waals surface area contributed by atoms with Crippen molar-refractivity contribution in [2.24, 2.45) is 0 Å². The van der Waals surface area contributed by atoms with Gasteiger partial charge in [0, 0.05) is 22.5 Å². The van der Waals surface area contributed by atoms with Crippen LogP contribution in [0.15, 0.2) is 0 Å². The molecule has 0 saturated heterocycles. The first-order valence-electron chi connectivity index (χ1n) is 9.55. The van der Waals surface area contributed by atoms with E-state index in [0.717, 1.165) is 0 Å². The van der Waals surface area contributed by atoms with Gasteiger partial charge in [-0.2, -0.15) is 15.0 Å². The largest absolute Gasteiger partial charge is 0.396 e. The van der Waals surface area contributed by atoms with E-state index < -0.39 is 78.5 Å². The number of halogens is 7. The lowest BCUT2D eigenvalue weighted by Gasteiger charge is -2.26. The van der Waals surface area contributed by atoms with Crippen LogP contribution in [0.1, 0.15) is 12.8 Å². The number of nitrogens with zero attached hydrogens (tertiary/aromatic N) is 3. The second-order valence-electron chi connectivity index (χ2n) is 6.90. The van der Waals surface area contributed by atoms with E-state index in [1.54, 1.807) is 0 Å². The maximum Gasteiger partial charge on any atom is 0.396 e. The quantitative estimate of drug-likeness (QED) is 0.149. The number of rotatable bonds is 16. The lowest BCUT2D eigenvalue weighted by Crippen LogP contribution is -2.35. The van der Waals surface area contributed by atoms with Crippen molar-refractivity contribution in [3.63, 3.8) is 0 Å². The van der Waals surface area contributed by atoms with Gasteiger partial charge in [-0.15, -0.1) is 69.6 Å². The van der Waals surface area contributed by atoms with Crippen LogP contribution in [0.5, 0.6) is 0 Å². The molecule has 0 aliphatic carbocycles. The van der Waals surface area contributed by atoms with Gasteiger partial charge in [0.1, 0.15) is 0 Å². The maximum atomic E-state index is 12.9. The Morgan fingerprint density at radius 3 is 1.37 bits per heavy atom.